The van der Waals surface area contributed by atoms with Gasteiger partial charge >= 0.3 is 5.69 Å². The van der Waals surface area contributed by atoms with Crippen LogP contribution in [0.5, 0.6) is 0 Å². The summed E-state index contributed by atoms with van der Waals surface area (Å²) in [5.74, 6) is -2.84. The molecule has 106 valence electrons. The van der Waals surface area contributed by atoms with Gasteiger partial charge in [0.1, 0.15) is 10.7 Å². The van der Waals surface area contributed by atoms with Gasteiger partial charge in [-0.1, -0.05) is 13.8 Å². The summed E-state index contributed by atoms with van der Waals surface area (Å²) in [5.41, 5.74) is -1.09. The van der Waals surface area contributed by atoms with Crippen molar-refractivity contribution in [3.63, 3.8) is 0 Å². The molecule has 1 rings (SSSR count). The summed E-state index contributed by atoms with van der Waals surface area (Å²) in [7, 11) is -4.25. The average Bonchev–Trinajstić information content (AvgIpc) is 2.25. The Morgan fingerprint density at radius 1 is 1.32 bits per heavy atom. The molecule has 0 aliphatic carbocycles. The van der Waals surface area contributed by atoms with Crippen molar-refractivity contribution in [3.05, 3.63) is 33.9 Å². The lowest BCUT2D eigenvalue weighted by molar-refractivity contribution is -0.387. The van der Waals surface area contributed by atoms with E-state index < -0.39 is 37.2 Å². The summed E-state index contributed by atoms with van der Waals surface area (Å²) in [6.07, 6.45) is 0. The van der Waals surface area contributed by atoms with Crippen LogP contribution < -0.4 is 4.72 Å². The number of sulfonamides is 1. The molecule has 0 spiro atoms. The molecule has 0 aliphatic rings. The number of nitro benzene ring substituents is 1. The van der Waals surface area contributed by atoms with Crippen LogP contribution in [-0.4, -0.2) is 19.9 Å². The second-order valence-corrected chi connectivity index (χ2v) is 5.97. The van der Waals surface area contributed by atoms with Gasteiger partial charge in [0.25, 0.3) is 0 Å². The summed E-state index contributed by atoms with van der Waals surface area (Å²) in [4.78, 5) is 8.45. The van der Waals surface area contributed by atoms with Crippen LogP contribution in [0.25, 0.3) is 0 Å². The van der Waals surface area contributed by atoms with E-state index in [0.717, 1.165) is 0 Å². The average molecular weight is 294 g/mol. The van der Waals surface area contributed by atoms with Gasteiger partial charge in [0.2, 0.25) is 15.8 Å². The highest BCUT2D eigenvalue weighted by atomic mass is 32.2. The number of halogens is 2. The molecule has 0 unspecified atom stereocenters. The second kappa shape index (κ2) is 5.57. The van der Waals surface area contributed by atoms with Crippen molar-refractivity contribution in [1.29, 1.82) is 0 Å². The third kappa shape index (κ3) is 3.67. The Hall–Kier alpha value is -1.61. The van der Waals surface area contributed by atoms with Crippen molar-refractivity contribution in [2.75, 3.05) is 6.54 Å². The molecule has 0 bridgehead atoms. The zero-order chi connectivity index (χ0) is 14.8. The van der Waals surface area contributed by atoms with Gasteiger partial charge in [-0.25, -0.2) is 17.5 Å². The maximum atomic E-state index is 13.4. The summed E-state index contributed by atoms with van der Waals surface area (Å²) < 4.78 is 52.1. The fourth-order valence-corrected chi connectivity index (χ4v) is 2.51. The van der Waals surface area contributed by atoms with Crippen LogP contribution in [0.15, 0.2) is 17.0 Å². The molecule has 1 aromatic carbocycles. The molecule has 0 fully saturated rings. The first kappa shape index (κ1) is 15.4. The second-order valence-electron chi connectivity index (χ2n) is 4.24. The molecule has 0 aromatic heterocycles. The number of rotatable bonds is 5. The first-order chi connectivity index (χ1) is 8.65. The topological polar surface area (TPSA) is 89.3 Å². The minimum atomic E-state index is -4.25. The van der Waals surface area contributed by atoms with Crippen molar-refractivity contribution in [2.45, 2.75) is 18.7 Å². The number of nitro groups is 1. The van der Waals surface area contributed by atoms with Crippen molar-refractivity contribution >= 4 is 15.7 Å². The Morgan fingerprint density at radius 3 is 2.37 bits per heavy atom. The molecule has 19 heavy (non-hydrogen) atoms. The summed E-state index contributed by atoms with van der Waals surface area (Å²) in [6, 6.07) is 0.551. The molecule has 0 saturated carbocycles. The van der Waals surface area contributed by atoms with Crippen molar-refractivity contribution in [1.82, 2.24) is 4.72 Å². The van der Waals surface area contributed by atoms with Crippen LogP contribution >= 0.6 is 0 Å². The van der Waals surface area contributed by atoms with Gasteiger partial charge in [0, 0.05) is 18.7 Å². The van der Waals surface area contributed by atoms with Gasteiger partial charge in [-0.05, 0) is 5.92 Å². The maximum absolute atomic E-state index is 13.4. The van der Waals surface area contributed by atoms with Gasteiger partial charge < -0.3 is 0 Å². The number of benzene rings is 1. The molecule has 0 radical (unpaired) electrons. The lowest BCUT2D eigenvalue weighted by atomic mass is 10.2. The maximum Gasteiger partial charge on any atom is 0.306 e. The minimum Gasteiger partial charge on any atom is -0.258 e. The number of nitrogens with zero attached hydrogens (tertiary/aromatic N) is 1. The van der Waals surface area contributed by atoms with Crippen molar-refractivity contribution in [2.24, 2.45) is 5.92 Å². The van der Waals surface area contributed by atoms with Gasteiger partial charge in [-0.2, -0.15) is 4.39 Å². The van der Waals surface area contributed by atoms with Crippen LogP contribution in [0, 0.1) is 27.7 Å². The van der Waals surface area contributed by atoms with E-state index in [9.17, 15) is 27.3 Å². The molecule has 0 saturated heterocycles. The van der Waals surface area contributed by atoms with Gasteiger partial charge in [-0.15, -0.1) is 0 Å². The van der Waals surface area contributed by atoms with Crippen LogP contribution in [0.2, 0.25) is 0 Å². The van der Waals surface area contributed by atoms with Gasteiger partial charge in [0.05, 0.1) is 4.92 Å². The normalized spacial score (nSPS) is 11.8. The molecule has 0 atom stereocenters. The van der Waals surface area contributed by atoms with E-state index in [4.69, 9.17) is 0 Å². The van der Waals surface area contributed by atoms with E-state index in [1.165, 1.54) is 0 Å². The fourth-order valence-electron chi connectivity index (χ4n) is 1.22. The van der Waals surface area contributed by atoms with Crippen LogP contribution in [0.3, 0.4) is 0 Å². The zero-order valence-electron chi connectivity index (χ0n) is 10.2. The first-order valence-corrected chi connectivity index (χ1v) is 6.76. The SMILES string of the molecule is CC(C)CNS(=O)(=O)c1cc([N+](=O)[O-])c(F)cc1F. The van der Waals surface area contributed by atoms with E-state index in [-0.39, 0.29) is 18.5 Å². The Morgan fingerprint density at radius 2 is 1.89 bits per heavy atom. The quantitative estimate of drug-likeness (QED) is 0.662. The van der Waals surface area contributed by atoms with E-state index in [2.05, 4.69) is 4.72 Å². The largest absolute Gasteiger partial charge is 0.306 e. The van der Waals surface area contributed by atoms with E-state index in [1.54, 1.807) is 13.8 Å². The molecular weight excluding hydrogens is 282 g/mol. The van der Waals surface area contributed by atoms with Crippen molar-refractivity contribution in [3.8, 4) is 0 Å². The Balaban J connectivity index is 3.27. The Kier molecular flexibility index (Phi) is 4.53. The highest BCUT2D eigenvalue weighted by molar-refractivity contribution is 7.89. The van der Waals surface area contributed by atoms with Crippen molar-refractivity contribution < 1.29 is 22.1 Å². The fraction of sp³-hybridized carbons (Fsp3) is 0.400. The van der Waals surface area contributed by atoms with Gasteiger partial charge in [0.15, 0.2) is 0 Å². The zero-order valence-corrected chi connectivity index (χ0v) is 11.0. The molecule has 6 nitrogen and oxygen atoms in total. The number of nitrogens with one attached hydrogen (secondary N) is 1. The predicted molar refractivity (Wildman–Crippen MR) is 63.0 cm³/mol. The van der Waals surface area contributed by atoms with E-state index in [1.807, 2.05) is 0 Å². The van der Waals surface area contributed by atoms with Crippen LogP contribution in [0.1, 0.15) is 13.8 Å². The summed E-state index contributed by atoms with van der Waals surface area (Å²) in [5, 5.41) is 10.5. The van der Waals surface area contributed by atoms with E-state index in [0.29, 0.717) is 6.07 Å². The molecule has 1 aromatic rings. The highest BCUT2D eigenvalue weighted by Gasteiger charge is 2.26. The lowest BCUT2D eigenvalue weighted by Crippen LogP contribution is -2.28. The lowest BCUT2D eigenvalue weighted by Gasteiger charge is -2.09. The molecule has 0 heterocycles. The summed E-state index contributed by atoms with van der Waals surface area (Å²) in [6.45, 7) is 3.49. The highest BCUT2D eigenvalue weighted by Crippen LogP contribution is 2.24. The van der Waals surface area contributed by atoms with Crippen LogP contribution in [0.4, 0.5) is 14.5 Å². The molecular formula is C10H12F2N2O4S. The minimum absolute atomic E-state index is 0.0340. The number of hydrogen-bond donors (Lipinski definition) is 1. The Bertz CT molecular complexity index is 602. The van der Waals surface area contributed by atoms with Crippen LogP contribution in [-0.2, 0) is 10.0 Å². The monoisotopic (exact) mass is 294 g/mol. The third-order valence-corrected chi connectivity index (χ3v) is 3.61. The predicted octanol–water partition coefficient (Wildman–Crippen LogP) is 1.81. The molecule has 0 aliphatic heterocycles. The molecule has 0 amide bonds. The summed E-state index contributed by atoms with van der Waals surface area (Å²) >= 11 is 0. The van der Waals surface area contributed by atoms with Gasteiger partial charge in [-0.3, -0.25) is 10.1 Å². The molecule has 1 N–H and O–H groups in total. The van der Waals surface area contributed by atoms with E-state index >= 15 is 0 Å². The first-order valence-electron chi connectivity index (χ1n) is 5.28. The number of hydrogen-bond acceptors (Lipinski definition) is 4. The Labute approximate surface area is 108 Å². The molecule has 9 heteroatoms. The standard InChI is InChI=1S/C10H12F2N2O4S/c1-6(2)5-13-19(17,18)10-4-9(14(15)16)7(11)3-8(10)12/h3-4,6,13H,5H2,1-2H3. The smallest absolute Gasteiger partial charge is 0.258 e. The third-order valence-electron chi connectivity index (χ3n) is 2.17.